The molecular formula is C13H17N3S. The van der Waals surface area contributed by atoms with E-state index in [1.165, 1.54) is 34.7 Å². The third kappa shape index (κ3) is 2.03. The number of rotatable bonds is 2. The van der Waals surface area contributed by atoms with Gasteiger partial charge in [-0.15, -0.1) is 11.3 Å². The summed E-state index contributed by atoms with van der Waals surface area (Å²) in [6.45, 7) is 4.32. The lowest BCUT2D eigenvalue weighted by molar-refractivity contribution is 0.455. The highest BCUT2D eigenvalue weighted by atomic mass is 32.1. The molecule has 2 aromatic heterocycles. The maximum atomic E-state index is 4.54. The molecule has 0 aromatic carbocycles. The Balaban J connectivity index is 1.99. The molecule has 1 aliphatic rings. The molecule has 1 saturated heterocycles. The predicted molar refractivity (Wildman–Crippen MR) is 71.5 cm³/mol. The second-order valence-corrected chi connectivity index (χ2v) is 5.58. The highest BCUT2D eigenvalue weighted by molar-refractivity contribution is 7.13. The van der Waals surface area contributed by atoms with E-state index in [2.05, 4.69) is 40.0 Å². The van der Waals surface area contributed by atoms with Crippen molar-refractivity contribution in [2.45, 2.75) is 25.7 Å². The molecule has 1 aliphatic heterocycles. The van der Waals surface area contributed by atoms with E-state index in [1.54, 1.807) is 11.3 Å². The van der Waals surface area contributed by atoms with Crippen molar-refractivity contribution < 1.29 is 0 Å². The summed E-state index contributed by atoms with van der Waals surface area (Å²) < 4.78 is 0. The van der Waals surface area contributed by atoms with Crippen LogP contribution in [0.2, 0.25) is 0 Å². The normalized spacial score (nSPS) is 20.6. The summed E-state index contributed by atoms with van der Waals surface area (Å²) in [4.78, 5) is 1.33. The molecule has 0 saturated carbocycles. The number of H-pyrrole nitrogens is 1. The van der Waals surface area contributed by atoms with Gasteiger partial charge >= 0.3 is 0 Å². The number of aromatic amines is 1. The summed E-state index contributed by atoms with van der Waals surface area (Å²) in [7, 11) is 0. The van der Waals surface area contributed by atoms with E-state index in [1.807, 2.05) is 0 Å². The van der Waals surface area contributed by atoms with Gasteiger partial charge in [-0.2, -0.15) is 5.10 Å². The minimum atomic E-state index is 0.561. The van der Waals surface area contributed by atoms with Crippen molar-refractivity contribution in [2.75, 3.05) is 13.1 Å². The molecule has 4 heteroatoms. The third-order valence-electron chi connectivity index (χ3n) is 3.43. The Hall–Kier alpha value is -1.13. The molecule has 0 radical (unpaired) electrons. The molecule has 0 aliphatic carbocycles. The standard InChI is InChI=1S/C13H17N3S/c1-9-12(11-5-3-7-17-11)13(16-15-9)10-4-2-6-14-8-10/h3,5,7,10,14H,2,4,6,8H2,1H3,(H,15,16). The molecule has 1 atom stereocenters. The van der Waals surface area contributed by atoms with Gasteiger partial charge in [-0.3, -0.25) is 5.10 Å². The number of piperidine rings is 1. The Morgan fingerprint density at radius 2 is 2.41 bits per heavy atom. The minimum absolute atomic E-state index is 0.561. The SMILES string of the molecule is Cc1[nH]nc(C2CCCNC2)c1-c1cccs1. The molecule has 1 fully saturated rings. The number of nitrogens with one attached hydrogen (secondary N) is 2. The summed E-state index contributed by atoms with van der Waals surface area (Å²) >= 11 is 1.79. The van der Waals surface area contributed by atoms with Crippen LogP contribution in [-0.2, 0) is 0 Å². The number of hydrogen-bond donors (Lipinski definition) is 2. The number of aromatic nitrogens is 2. The van der Waals surface area contributed by atoms with Crippen LogP contribution in [0.3, 0.4) is 0 Å². The molecule has 2 N–H and O–H groups in total. The molecule has 3 nitrogen and oxygen atoms in total. The highest BCUT2D eigenvalue weighted by Gasteiger charge is 2.23. The first-order valence-electron chi connectivity index (χ1n) is 6.15. The van der Waals surface area contributed by atoms with Crippen molar-refractivity contribution >= 4 is 11.3 Å². The Morgan fingerprint density at radius 1 is 1.47 bits per heavy atom. The van der Waals surface area contributed by atoms with Gasteiger partial charge in [-0.05, 0) is 37.8 Å². The largest absolute Gasteiger partial charge is 0.316 e. The van der Waals surface area contributed by atoms with Gasteiger partial charge in [-0.1, -0.05) is 6.07 Å². The van der Waals surface area contributed by atoms with Gasteiger partial charge in [0.15, 0.2) is 0 Å². The molecule has 2 aromatic rings. The number of aryl methyl sites for hydroxylation is 1. The lowest BCUT2D eigenvalue weighted by atomic mass is 9.92. The van der Waals surface area contributed by atoms with E-state index >= 15 is 0 Å². The minimum Gasteiger partial charge on any atom is -0.316 e. The van der Waals surface area contributed by atoms with Crippen LogP contribution in [0.4, 0.5) is 0 Å². The van der Waals surface area contributed by atoms with Crippen LogP contribution in [-0.4, -0.2) is 23.3 Å². The molecule has 1 unspecified atom stereocenters. The van der Waals surface area contributed by atoms with Crippen molar-refractivity contribution in [2.24, 2.45) is 0 Å². The van der Waals surface area contributed by atoms with Gasteiger partial charge in [0.25, 0.3) is 0 Å². The molecule has 0 bridgehead atoms. The molecule has 90 valence electrons. The molecule has 3 rings (SSSR count). The Bertz CT molecular complexity index is 481. The molecule has 17 heavy (non-hydrogen) atoms. The second kappa shape index (κ2) is 4.63. The number of thiophene rings is 1. The monoisotopic (exact) mass is 247 g/mol. The van der Waals surface area contributed by atoms with Gasteiger partial charge in [-0.25, -0.2) is 0 Å². The summed E-state index contributed by atoms with van der Waals surface area (Å²) in [6, 6.07) is 4.29. The molecule has 0 amide bonds. The van der Waals surface area contributed by atoms with Crippen molar-refractivity contribution in [3.05, 3.63) is 28.9 Å². The van der Waals surface area contributed by atoms with E-state index < -0.39 is 0 Å². The van der Waals surface area contributed by atoms with Crippen molar-refractivity contribution in [3.63, 3.8) is 0 Å². The second-order valence-electron chi connectivity index (χ2n) is 4.63. The van der Waals surface area contributed by atoms with Crippen molar-refractivity contribution in [1.29, 1.82) is 0 Å². The van der Waals surface area contributed by atoms with Crippen LogP contribution < -0.4 is 5.32 Å². The average Bonchev–Trinajstić information content (AvgIpc) is 2.99. The fourth-order valence-electron chi connectivity index (χ4n) is 2.56. The summed E-state index contributed by atoms with van der Waals surface area (Å²) in [5.41, 5.74) is 3.76. The van der Waals surface area contributed by atoms with Gasteiger partial charge in [0, 0.05) is 28.6 Å². The quantitative estimate of drug-likeness (QED) is 0.856. The Labute approximate surface area is 105 Å². The highest BCUT2D eigenvalue weighted by Crippen LogP contribution is 2.35. The first kappa shape index (κ1) is 11.0. The van der Waals surface area contributed by atoms with Gasteiger partial charge in [0.1, 0.15) is 0 Å². The van der Waals surface area contributed by atoms with E-state index in [9.17, 15) is 0 Å². The van der Waals surface area contributed by atoms with Crippen LogP contribution in [0.15, 0.2) is 17.5 Å². The molecule has 0 spiro atoms. The molecular weight excluding hydrogens is 230 g/mol. The zero-order valence-corrected chi connectivity index (χ0v) is 10.8. The van der Waals surface area contributed by atoms with E-state index in [0.717, 1.165) is 13.1 Å². The summed E-state index contributed by atoms with van der Waals surface area (Å²) in [5, 5.41) is 13.3. The smallest absolute Gasteiger partial charge is 0.0755 e. The maximum Gasteiger partial charge on any atom is 0.0755 e. The first-order valence-corrected chi connectivity index (χ1v) is 7.03. The fourth-order valence-corrected chi connectivity index (χ4v) is 3.40. The van der Waals surface area contributed by atoms with E-state index in [-0.39, 0.29) is 0 Å². The van der Waals surface area contributed by atoms with Crippen LogP contribution in [0.25, 0.3) is 10.4 Å². The zero-order chi connectivity index (χ0) is 11.7. The lowest BCUT2D eigenvalue weighted by Gasteiger charge is -2.22. The summed E-state index contributed by atoms with van der Waals surface area (Å²) in [5.74, 6) is 0.561. The van der Waals surface area contributed by atoms with Crippen LogP contribution in [0.5, 0.6) is 0 Å². The van der Waals surface area contributed by atoms with Crippen LogP contribution in [0.1, 0.15) is 30.1 Å². The molecule has 3 heterocycles. The predicted octanol–water partition coefficient (Wildman–Crippen LogP) is 2.91. The van der Waals surface area contributed by atoms with Gasteiger partial charge in [0.2, 0.25) is 0 Å². The Morgan fingerprint density at radius 3 is 3.12 bits per heavy atom. The maximum absolute atomic E-state index is 4.54. The number of nitrogens with zero attached hydrogens (tertiary/aromatic N) is 1. The van der Waals surface area contributed by atoms with E-state index in [0.29, 0.717) is 5.92 Å². The van der Waals surface area contributed by atoms with E-state index in [4.69, 9.17) is 0 Å². The topological polar surface area (TPSA) is 40.7 Å². The van der Waals surface area contributed by atoms with Crippen molar-refractivity contribution in [1.82, 2.24) is 15.5 Å². The van der Waals surface area contributed by atoms with Gasteiger partial charge in [0.05, 0.1) is 5.69 Å². The van der Waals surface area contributed by atoms with Crippen LogP contribution in [0, 0.1) is 6.92 Å². The van der Waals surface area contributed by atoms with Crippen LogP contribution >= 0.6 is 11.3 Å². The zero-order valence-electron chi connectivity index (χ0n) is 9.99. The fraction of sp³-hybridized carbons (Fsp3) is 0.462. The third-order valence-corrected chi connectivity index (χ3v) is 4.31. The Kier molecular flexibility index (Phi) is 2.99. The average molecular weight is 247 g/mol. The number of hydrogen-bond acceptors (Lipinski definition) is 3. The lowest BCUT2D eigenvalue weighted by Crippen LogP contribution is -2.28. The van der Waals surface area contributed by atoms with Gasteiger partial charge < -0.3 is 5.32 Å². The van der Waals surface area contributed by atoms with Crippen molar-refractivity contribution in [3.8, 4) is 10.4 Å². The summed E-state index contributed by atoms with van der Waals surface area (Å²) in [6.07, 6.45) is 2.50. The first-order chi connectivity index (χ1) is 8.36.